The van der Waals surface area contributed by atoms with Crippen LogP contribution in [0.5, 0.6) is 0 Å². The first-order valence-corrected chi connectivity index (χ1v) is 7.52. The molecule has 2 aromatic rings. The predicted octanol–water partition coefficient (Wildman–Crippen LogP) is 2.00. The van der Waals surface area contributed by atoms with Gasteiger partial charge in [-0.05, 0) is 18.2 Å². The monoisotopic (exact) mass is 312 g/mol. The van der Waals surface area contributed by atoms with E-state index in [1.807, 2.05) is 14.1 Å². The molecule has 20 heavy (non-hydrogen) atoms. The van der Waals surface area contributed by atoms with E-state index in [0.29, 0.717) is 11.4 Å². The maximum atomic E-state index is 12.3. The van der Waals surface area contributed by atoms with E-state index >= 15 is 0 Å². The Morgan fingerprint density at radius 2 is 2.00 bits per heavy atom. The van der Waals surface area contributed by atoms with Gasteiger partial charge in [0.25, 0.3) is 10.0 Å². The van der Waals surface area contributed by atoms with E-state index in [0.717, 1.165) is 0 Å². The molecule has 0 unspecified atom stereocenters. The van der Waals surface area contributed by atoms with Gasteiger partial charge in [-0.25, -0.2) is 13.4 Å². The number of anilines is 2. The lowest BCUT2D eigenvalue weighted by Gasteiger charge is -2.17. The highest BCUT2D eigenvalue weighted by atomic mass is 35.5. The Kier molecular flexibility index (Phi) is 4.10. The first-order chi connectivity index (χ1) is 9.42. The summed E-state index contributed by atoms with van der Waals surface area (Å²) in [6.07, 6.45) is 4.46. The maximum absolute atomic E-state index is 12.3. The van der Waals surface area contributed by atoms with Gasteiger partial charge in [-0.3, -0.25) is 9.71 Å². The molecular formula is C12H13ClN4O2S. The Bertz CT molecular complexity index is 719. The number of sulfonamides is 1. The van der Waals surface area contributed by atoms with E-state index in [1.165, 1.54) is 24.5 Å². The molecule has 0 saturated carbocycles. The fourth-order valence-corrected chi connectivity index (χ4v) is 3.14. The van der Waals surface area contributed by atoms with Crippen molar-refractivity contribution in [3.8, 4) is 0 Å². The molecule has 0 atom stereocenters. The van der Waals surface area contributed by atoms with Crippen LogP contribution in [0, 0.1) is 0 Å². The summed E-state index contributed by atoms with van der Waals surface area (Å²) >= 11 is 5.82. The molecule has 0 aliphatic heterocycles. The number of rotatable bonds is 4. The molecule has 106 valence electrons. The minimum Gasteiger partial charge on any atom is -0.376 e. The number of hydrogen-bond donors (Lipinski definition) is 1. The molecule has 0 saturated heterocycles. The van der Waals surface area contributed by atoms with Crippen LogP contribution in [-0.4, -0.2) is 32.5 Å². The molecule has 0 radical (unpaired) electrons. The Labute approximate surface area is 122 Å². The third-order valence-corrected chi connectivity index (χ3v) is 4.35. The van der Waals surface area contributed by atoms with E-state index in [4.69, 9.17) is 11.6 Å². The fourth-order valence-electron chi connectivity index (χ4n) is 1.63. The van der Waals surface area contributed by atoms with Crippen LogP contribution >= 0.6 is 11.6 Å². The van der Waals surface area contributed by atoms with E-state index in [-0.39, 0.29) is 10.0 Å². The molecule has 2 heterocycles. The van der Waals surface area contributed by atoms with Crippen molar-refractivity contribution < 1.29 is 8.42 Å². The molecule has 1 N–H and O–H groups in total. The van der Waals surface area contributed by atoms with Crippen molar-refractivity contribution in [3.05, 3.63) is 41.9 Å². The van der Waals surface area contributed by atoms with Gasteiger partial charge >= 0.3 is 0 Å². The number of hydrogen-bond acceptors (Lipinski definition) is 5. The minimum absolute atomic E-state index is 0.0738. The fraction of sp³-hybridized carbons (Fsp3) is 0.167. The summed E-state index contributed by atoms with van der Waals surface area (Å²) in [5, 5.41) is -0.0738. The molecule has 0 amide bonds. The molecular weight excluding hydrogens is 300 g/mol. The Balaban J connectivity index is 2.42. The first-order valence-electron chi connectivity index (χ1n) is 5.66. The largest absolute Gasteiger partial charge is 0.376 e. The lowest BCUT2D eigenvalue weighted by atomic mass is 10.3. The second kappa shape index (κ2) is 5.64. The van der Waals surface area contributed by atoms with Crippen molar-refractivity contribution in [1.82, 2.24) is 9.97 Å². The van der Waals surface area contributed by atoms with E-state index in [9.17, 15) is 8.42 Å². The van der Waals surface area contributed by atoms with Crippen molar-refractivity contribution in [2.45, 2.75) is 4.90 Å². The van der Waals surface area contributed by atoms with Crippen LogP contribution in [0.15, 0.2) is 41.7 Å². The average molecular weight is 313 g/mol. The molecule has 8 heteroatoms. The molecule has 2 rings (SSSR count). The SMILES string of the molecule is CN(C)c1ccncc1NS(=O)(=O)c1cccnc1Cl. The van der Waals surface area contributed by atoms with Gasteiger partial charge in [-0.15, -0.1) is 0 Å². The summed E-state index contributed by atoms with van der Waals surface area (Å²) in [6.45, 7) is 0. The summed E-state index contributed by atoms with van der Waals surface area (Å²) in [7, 11) is -0.192. The van der Waals surface area contributed by atoms with Crippen molar-refractivity contribution >= 4 is 33.0 Å². The summed E-state index contributed by atoms with van der Waals surface area (Å²) in [6, 6.07) is 4.61. The van der Waals surface area contributed by atoms with E-state index in [2.05, 4.69) is 14.7 Å². The van der Waals surface area contributed by atoms with Crippen LogP contribution in [0.2, 0.25) is 5.15 Å². The van der Waals surface area contributed by atoms with Gasteiger partial charge in [-0.1, -0.05) is 11.6 Å². The van der Waals surface area contributed by atoms with Crippen LogP contribution < -0.4 is 9.62 Å². The third kappa shape index (κ3) is 3.00. The Morgan fingerprint density at radius 1 is 1.25 bits per heavy atom. The topological polar surface area (TPSA) is 75.2 Å². The summed E-state index contributed by atoms with van der Waals surface area (Å²) < 4.78 is 27.1. The van der Waals surface area contributed by atoms with Crippen LogP contribution in [0.25, 0.3) is 0 Å². The zero-order chi connectivity index (χ0) is 14.8. The molecule has 0 fully saturated rings. The predicted molar refractivity (Wildman–Crippen MR) is 78.6 cm³/mol. The van der Waals surface area contributed by atoms with Crippen molar-refractivity contribution in [1.29, 1.82) is 0 Å². The number of pyridine rings is 2. The second-order valence-corrected chi connectivity index (χ2v) is 6.19. The zero-order valence-electron chi connectivity index (χ0n) is 10.9. The summed E-state index contributed by atoms with van der Waals surface area (Å²) in [5.74, 6) is 0. The highest BCUT2D eigenvalue weighted by molar-refractivity contribution is 7.92. The number of nitrogens with one attached hydrogen (secondary N) is 1. The van der Waals surface area contributed by atoms with E-state index in [1.54, 1.807) is 17.2 Å². The molecule has 0 aliphatic rings. The number of aromatic nitrogens is 2. The standard InChI is InChI=1S/C12H13ClN4O2S/c1-17(2)10-5-7-14-8-9(10)16-20(18,19)11-4-3-6-15-12(11)13/h3-8,16H,1-2H3. The molecule has 0 aromatic carbocycles. The second-order valence-electron chi connectivity index (χ2n) is 4.19. The first kappa shape index (κ1) is 14.5. The van der Waals surface area contributed by atoms with Gasteiger partial charge in [-0.2, -0.15) is 0 Å². The molecule has 0 spiro atoms. The third-order valence-electron chi connectivity index (χ3n) is 2.54. The van der Waals surface area contributed by atoms with Gasteiger partial charge in [0.05, 0.1) is 17.6 Å². The normalized spacial score (nSPS) is 11.2. The van der Waals surface area contributed by atoms with Crippen LogP contribution in [0.1, 0.15) is 0 Å². The number of halogens is 1. The van der Waals surface area contributed by atoms with Crippen LogP contribution in [-0.2, 0) is 10.0 Å². The van der Waals surface area contributed by atoms with Gasteiger partial charge < -0.3 is 4.90 Å². The van der Waals surface area contributed by atoms with Gasteiger partial charge in [0.1, 0.15) is 10.0 Å². The smallest absolute Gasteiger partial charge is 0.265 e. The number of nitrogens with zero attached hydrogens (tertiary/aromatic N) is 3. The molecule has 0 bridgehead atoms. The highest BCUT2D eigenvalue weighted by Gasteiger charge is 2.20. The lowest BCUT2D eigenvalue weighted by Crippen LogP contribution is -2.18. The Morgan fingerprint density at radius 3 is 2.65 bits per heavy atom. The van der Waals surface area contributed by atoms with E-state index < -0.39 is 10.0 Å². The van der Waals surface area contributed by atoms with Crippen molar-refractivity contribution in [3.63, 3.8) is 0 Å². The Hall–Kier alpha value is -1.86. The molecule has 2 aromatic heterocycles. The van der Waals surface area contributed by atoms with Crippen molar-refractivity contribution in [2.75, 3.05) is 23.7 Å². The van der Waals surface area contributed by atoms with Gasteiger partial charge in [0, 0.05) is 26.5 Å². The highest BCUT2D eigenvalue weighted by Crippen LogP contribution is 2.27. The average Bonchev–Trinajstić information content (AvgIpc) is 2.39. The summed E-state index contributed by atoms with van der Waals surface area (Å²) in [5.41, 5.74) is 1.07. The van der Waals surface area contributed by atoms with Crippen LogP contribution in [0.4, 0.5) is 11.4 Å². The van der Waals surface area contributed by atoms with Gasteiger partial charge in [0.2, 0.25) is 0 Å². The maximum Gasteiger partial charge on any atom is 0.265 e. The quantitative estimate of drug-likeness (QED) is 0.874. The minimum atomic E-state index is -3.81. The zero-order valence-corrected chi connectivity index (χ0v) is 12.5. The van der Waals surface area contributed by atoms with Gasteiger partial charge in [0.15, 0.2) is 0 Å². The molecule has 6 nitrogen and oxygen atoms in total. The van der Waals surface area contributed by atoms with Crippen molar-refractivity contribution in [2.24, 2.45) is 0 Å². The lowest BCUT2D eigenvalue weighted by molar-refractivity contribution is 0.601. The van der Waals surface area contributed by atoms with Crippen LogP contribution in [0.3, 0.4) is 0 Å². The summed E-state index contributed by atoms with van der Waals surface area (Å²) in [4.78, 5) is 9.40. The molecule has 0 aliphatic carbocycles.